The normalized spacial score (nSPS) is 16.0. The average molecular weight is 575 g/mol. The molecule has 0 spiro atoms. The molecule has 1 heterocycles. The zero-order valence-electron chi connectivity index (χ0n) is 25.4. The van der Waals surface area contributed by atoms with Crippen molar-refractivity contribution in [2.45, 2.75) is 47.3 Å². The van der Waals surface area contributed by atoms with Crippen LogP contribution in [0.4, 0.5) is 11.4 Å². The van der Waals surface area contributed by atoms with Crippen molar-refractivity contribution in [1.29, 1.82) is 0 Å². The van der Waals surface area contributed by atoms with Crippen molar-refractivity contribution in [2.24, 2.45) is 0 Å². The maximum atomic E-state index is 13.7. The summed E-state index contributed by atoms with van der Waals surface area (Å²) in [5.74, 6) is -0.905. The molecule has 43 heavy (non-hydrogen) atoms. The Bertz CT molecular complexity index is 1670. The molecule has 5 rings (SSSR count). The molecule has 4 aromatic rings. The summed E-state index contributed by atoms with van der Waals surface area (Å²) in [6.07, 6.45) is 0. The second-order valence-corrected chi connectivity index (χ2v) is 11.0. The highest BCUT2D eigenvalue weighted by Gasteiger charge is 2.47. The second kappa shape index (κ2) is 12.6. The summed E-state index contributed by atoms with van der Waals surface area (Å²) < 4.78 is 6.03. The maximum absolute atomic E-state index is 13.7. The fourth-order valence-electron chi connectivity index (χ4n) is 5.60. The third-order valence-corrected chi connectivity index (χ3v) is 8.24. The molecule has 1 atom stereocenters. The number of carbonyl (C=O) groups is 2. The van der Waals surface area contributed by atoms with E-state index in [2.05, 4.69) is 18.7 Å². The second-order valence-electron chi connectivity index (χ2n) is 11.0. The number of ether oxygens (including phenoxy) is 1. The van der Waals surface area contributed by atoms with E-state index >= 15 is 0 Å². The Morgan fingerprint density at radius 1 is 0.814 bits per heavy atom. The lowest BCUT2D eigenvalue weighted by Gasteiger charge is -2.27. The van der Waals surface area contributed by atoms with Gasteiger partial charge in [-0.3, -0.25) is 14.5 Å². The van der Waals surface area contributed by atoms with Crippen LogP contribution in [0.5, 0.6) is 5.75 Å². The van der Waals surface area contributed by atoms with Gasteiger partial charge in [0.25, 0.3) is 11.7 Å². The summed E-state index contributed by atoms with van der Waals surface area (Å²) in [7, 11) is 0. The Labute approximate surface area is 253 Å². The molecule has 1 fully saturated rings. The lowest BCUT2D eigenvalue weighted by Crippen LogP contribution is -2.29. The molecule has 0 saturated carbocycles. The lowest BCUT2D eigenvalue weighted by molar-refractivity contribution is -0.132. The lowest BCUT2D eigenvalue weighted by atomic mass is 9.94. The van der Waals surface area contributed by atoms with Crippen LogP contribution in [0.1, 0.15) is 53.3 Å². The molecule has 0 radical (unpaired) electrons. The SMILES string of the molecule is CCN(CC)c1ccc(C2/C(=C(\O)c3ccc(OCc4ccccc4)c(C)c3)C(=O)C(=O)N2c2ccc(C)c(C)c2)cc1. The van der Waals surface area contributed by atoms with Gasteiger partial charge < -0.3 is 14.7 Å². The summed E-state index contributed by atoms with van der Waals surface area (Å²) in [6.45, 7) is 12.2. The molecule has 0 aliphatic carbocycles. The van der Waals surface area contributed by atoms with Crippen LogP contribution in [0.3, 0.4) is 0 Å². The van der Waals surface area contributed by atoms with Crippen LogP contribution < -0.4 is 14.5 Å². The van der Waals surface area contributed by atoms with E-state index in [-0.39, 0.29) is 11.3 Å². The number of amides is 1. The van der Waals surface area contributed by atoms with Gasteiger partial charge in [-0.15, -0.1) is 0 Å². The number of ketones is 1. The molecule has 1 unspecified atom stereocenters. The molecule has 1 amide bonds. The highest BCUT2D eigenvalue weighted by atomic mass is 16.5. The van der Waals surface area contributed by atoms with Crippen LogP contribution in [0, 0.1) is 20.8 Å². The molecule has 4 aromatic carbocycles. The maximum Gasteiger partial charge on any atom is 0.300 e. The number of nitrogens with zero attached hydrogens (tertiary/aromatic N) is 2. The standard InChI is InChI=1S/C37H38N2O4/c1-6-38(7-2)30-18-14-28(15-19-30)34-33(36(41)37(42)39(34)31-17-13-24(3)25(4)22-31)35(40)29-16-20-32(26(5)21-29)43-23-27-11-9-8-10-12-27/h8-22,34,40H,6-7,23H2,1-5H3/b35-33+. The van der Waals surface area contributed by atoms with Gasteiger partial charge in [0, 0.05) is 30.0 Å². The van der Waals surface area contributed by atoms with Gasteiger partial charge in [0.1, 0.15) is 18.1 Å². The molecule has 6 nitrogen and oxygen atoms in total. The Balaban J connectivity index is 1.57. The zero-order chi connectivity index (χ0) is 30.7. The Morgan fingerprint density at radius 3 is 2.14 bits per heavy atom. The van der Waals surface area contributed by atoms with Crippen molar-refractivity contribution >= 4 is 28.8 Å². The van der Waals surface area contributed by atoms with Gasteiger partial charge >= 0.3 is 0 Å². The first-order valence-electron chi connectivity index (χ1n) is 14.7. The summed E-state index contributed by atoms with van der Waals surface area (Å²) in [5.41, 5.74) is 6.89. The molecular formula is C37H38N2O4. The predicted octanol–water partition coefficient (Wildman–Crippen LogP) is 7.66. The first kappa shape index (κ1) is 29.6. The largest absolute Gasteiger partial charge is 0.507 e. The van der Waals surface area contributed by atoms with Gasteiger partial charge in [0.15, 0.2) is 0 Å². The molecule has 1 aliphatic heterocycles. The number of Topliss-reactive ketones (excluding diaryl/α,β-unsaturated/α-hetero) is 1. The quantitative estimate of drug-likeness (QED) is 0.126. The number of rotatable bonds is 9. The summed E-state index contributed by atoms with van der Waals surface area (Å²) in [6, 6.07) is 28.0. The van der Waals surface area contributed by atoms with Crippen molar-refractivity contribution in [2.75, 3.05) is 22.9 Å². The molecule has 0 bridgehead atoms. The minimum atomic E-state index is -0.790. The van der Waals surface area contributed by atoms with E-state index in [0.717, 1.165) is 46.6 Å². The van der Waals surface area contributed by atoms with E-state index < -0.39 is 17.7 Å². The number of benzene rings is 4. The smallest absolute Gasteiger partial charge is 0.300 e. The third kappa shape index (κ3) is 5.91. The van der Waals surface area contributed by atoms with Crippen molar-refractivity contribution in [1.82, 2.24) is 0 Å². The van der Waals surface area contributed by atoms with Crippen LogP contribution in [0.25, 0.3) is 5.76 Å². The van der Waals surface area contributed by atoms with Crippen LogP contribution >= 0.6 is 0 Å². The Morgan fingerprint density at radius 2 is 1.51 bits per heavy atom. The summed E-state index contributed by atoms with van der Waals surface area (Å²) >= 11 is 0. The van der Waals surface area contributed by atoms with Crippen molar-refractivity contribution < 1.29 is 19.4 Å². The Kier molecular flexibility index (Phi) is 8.67. The highest BCUT2D eigenvalue weighted by molar-refractivity contribution is 6.51. The first-order valence-corrected chi connectivity index (χ1v) is 14.7. The van der Waals surface area contributed by atoms with Crippen LogP contribution in [0.15, 0.2) is 96.6 Å². The molecule has 1 aliphatic rings. The monoisotopic (exact) mass is 574 g/mol. The van der Waals surface area contributed by atoms with Crippen molar-refractivity contribution in [3.05, 3.63) is 130 Å². The topological polar surface area (TPSA) is 70.1 Å². The fraction of sp³-hybridized carbons (Fsp3) is 0.243. The summed E-state index contributed by atoms with van der Waals surface area (Å²) in [5, 5.41) is 11.7. The van der Waals surface area contributed by atoms with Gasteiger partial charge in [0.2, 0.25) is 0 Å². The minimum absolute atomic E-state index is 0.0659. The number of aryl methyl sites for hydroxylation is 3. The van der Waals surface area contributed by atoms with E-state index in [1.54, 1.807) is 18.2 Å². The number of anilines is 2. The number of carbonyl (C=O) groups excluding carboxylic acids is 2. The van der Waals surface area contributed by atoms with Crippen molar-refractivity contribution in [3.63, 3.8) is 0 Å². The van der Waals surface area contributed by atoms with Crippen molar-refractivity contribution in [3.8, 4) is 5.75 Å². The van der Waals surface area contributed by atoms with E-state index in [1.807, 2.05) is 93.6 Å². The van der Waals surface area contributed by atoms with E-state index in [9.17, 15) is 14.7 Å². The van der Waals surface area contributed by atoms with Crippen LogP contribution in [-0.2, 0) is 16.2 Å². The Hall–Kier alpha value is -4.84. The fourth-order valence-corrected chi connectivity index (χ4v) is 5.60. The molecular weight excluding hydrogens is 536 g/mol. The molecule has 0 aromatic heterocycles. The van der Waals surface area contributed by atoms with Gasteiger partial charge in [0.05, 0.1) is 11.6 Å². The van der Waals surface area contributed by atoms with Gasteiger partial charge in [-0.2, -0.15) is 0 Å². The van der Waals surface area contributed by atoms with Gasteiger partial charge in [-0.05, 0) is 105 Å². The molecule has 6 heteroatoms. The summed E-state index contributed by atoms with van der Waals surface area (Å²) in [4.78, 5) is 31.1. The number of hydrogen-bond donors (Lipinski definition) is 1. The van der Waals surface area contributed by atoms with Crippen LogP contribution in [0.2, 0.25) is 0 Å². The number of aliphatic hydroxyl groups excluding tert-OH is 1. The zero-order valence-corrected chi connectivity index (χ0v) is 25.4. The predicted molar refractivity (Wildman–Crippen MR) is 173 cm³/mol. The molecule has 1 saturated heterocycles. The highest BCUT2D eigenvalue weighted by Crippen LogP contribution is 2.43. The minimum Gasteiger partial charge on any atom is -0.507 e. The first-order chi connectivity index (χ1) is 20.7. The number of hydrogen-bond acceptors (Lipinski definition) is 5. The van der Waals surface area contributed by atoms with Crippen LogP contribution in [-0.4, -0.2) is 29.9 Å². The number of aliphatic hydroxyl groups is 1. The van der Waals surface area contributed by atoms with E-state index in [0.29, 0.717) is 23.6 Å². The van der Waals surface area contributed by atoms with E-state index in [1.165, 1.54) is 4.90 Å². The third-order valence-electron chi connectivity index (χ3n) is 8.24. The van der Waals surface area contributed by atoms with Gasteiger partial charge in [-0.25, -0.2) is 0 Å². The van der Waals surface area contributed by atoms with E-state index in [4.69, 9.17) is 4.74 Å². The average Bonchev–Trinajstić information content (AvgIpc) is 3.28. The van der Waals surface area contributed by atoms with Gasteiger partial charge in [-0.1, -0.05) is 48.5 Å². The molecule has 220 valence electrons. The molecule has 1 N–H and O–H groups in total.